The highest BCUT2D eigenvalue weighted by Gasteiger charge is 2.47. The average Bonchev–Trinajstić information content (AvgIpc) is 3.21. The first-order chi connectivity index (χ1) is 12.0. The Morgan fingerprint density at radius 2 is 2.12 bits per heavy atom. The lowest BCUT2D eigenvalue weighted by atomic mass is 9.76. The number of hydrogen-bond acceptors (Lipinski definition) is 4. The number of rotatable bonds is 6. The Labute approximate surface area is 151 Å². The van der Waals surface area contributed by atoms with E-state index in [-0.39, 0.29) is 11.9 Å². The van der Waals surface area contributed by atoms with Crippen molar-refractivity contribution in [2.75, 3.05) is 33.2 Å². The quantitative estimate of drug-likeness (QED) is 0.851. The first-order valence-corrected chi connectivity index (χ1v) is 9.77. The van der Waals surface area contributed by atoms with Crippen molar-refractivity contribution in [3.8, 4) is 0 Å². The van der Waals surface area contributed by atoms with Gasteiger partial charge in [-0.3, -0.25) is 14.4 Å². The minimum atomic E-state index is 0.0320. The largest absolute Gasteiger partial charge is 0.351 e. The van der Waals surface area contributed by atoms with Crippen LogP contribution in [0, 0.1) is 5.41 Å². The van der Waals surface area contributed by atoms with E-state index < -0.39 is 0 Å². The fourth-order valence-electron chi connectivity index (χ4n) is 4.36. The van der Waals surface area contributed by atoms with Gasteiger partial charge >= 0.3 is 0 Å². The van der Waals surface area contributed by atoms with Crippen LogP contribution in [0.5, 0.6) is 0 Å². The van der Waals surface area contributed by atoms with Gasteiger partial charge in [-0.1, -0.05) is 6.92 Å². The smallest absolute Gasteiger partial charge is 0.237 e. The molecule has 1 amide bonds. The summed E-state index contributed by atoms with van der Waals surface area (Å²) < 4.78 is 1.90. The standard InChI is InChI=1S/C19H33N5O/c1-4-8-23-15-19(6-9-22(3)10-7-19)11-17(23)18(25)20-12-16-13-21-24(5-2)14-16/h13-14,17H,4-12,15H2,1-3H3,(H,20,25)/t17-/m1/s1. The summed E-state index contributed by atoms with van der Waals surface area (Å²) in [7, 11) is 2.20. The molecule has 6 heteroatoms. The van der Waals surface area contributed by atoms with Crippen LogP contribution in [0.2, 0.25) is 0 Å². The lowest BCUT2D eigenvalue weighted by Gasteiger charge is -2.37. The Morgan fingerprint density at radius 1 is 1.36 bits per heavy atom. The number of amides is 1. The topological polar surface area (TPSA) is 53.4 Å². The molecule has 3 heterocycles. The third kappa shape index (κ3) is 4.23. The van der Waals surface area contributed by atoms with Crippen molar-refractivity contribution in [3.05, 3.63) is 18.0 Å². The van der Waals surface area contributed by atoms with E-state index in [0.29, 0.717) is 12.0 Å². The van der Waals surface area contributed by atoms with Gasteiger partial charge < -0.3 is 10.2 Å². The molecular weight excluding hydrogens is 314 g/mol. The van der Waals surface area contributed by atoms with Gasteiger partial charge in [0.25, 0.3) is 0 Å². The van der Waals surface area contributed by atoms with Gasteiger partial charge in [-0.25, -0.2) is 0 Å². The third-order valence-electron chi connectivity index (χ3n) is 5.94. The van der Waals surface area contributed by atoms with Crippen LogP contribution in [0.4, 0.5) is 0 Å². The minimum absolute atomic E-state index is 0.0320. The molecular formula is C19H33N5O. The monoisotopic (exact) mass is 347 g/mol. The zero-order chi connectivity index (χ0) is 17.9. The number of likely N-dealkylation sites (tertiary alicyclic amines) is 2. The summed E-state index contributed by atoms with van der Waals surface area (Å²) in [5.41, 5.74) is 1.42. The van der Waals surface area contributed by atoms with E-state index in [1.54, 1.807) is 0 Å². The number of nitrogens with one attached hydrogen (secondary N) is 1. The number of nitrogens with zero attached hydrogens (tertiary/aromatic N) is 4. The zero-order valence-corrected chi connectivity index (χ0v) is 16.0. The third-order valence-corrected chi connectivity index (χ3v) is 5.94. The Kier molecular flexibility index (Phi) is 5.79. The molecule has 3 rings (SSSR count). The van der Waals surface area contributed by atoms with Gasteiger partial charge in [0.1, 0.15) is 0 Å². The van der Waals surface area contributed by atoms with Crippen molar-refractivity contribution >= 4 is 5.91 Å². The fourth-order valence-corrected chi connectivity index (χ4v) is 4.36. The van der Waals surface area contributed by atoms with Crippen LogP contribution in [-0.2, 0) is 17.9 Å². The van der Waals surface area contributed by atoms with E-state index in [1.165, 1.54) is 12.8 Å². The zero-order valence-electron chi connectivity index (χ0n) is 16.0. The molecule has 2 saturated heterocycles. The van der Waals surface area contributed by atoms with Crippen LogP contribution < -0.4 is 5.32 Å². The second kappa shape index (κ2) is 7.87. The van der Waals surface area contributed by atoms with E-state index >= 15 is 0 Å². The number of carbonyl (C=O) groups excluding carboxylic acids is 1. The van der Waals surface area contributed by atoms with Gasteiger partial charge in [-0.05, 0) is 64.7 Å². The number of aryl methyl sites for hydroxylation is 1. The summed E-state index contributed by atoms with van der Waals surface area (Å²) in [5, 5.41) is 7.43. The average molecular weight is 348 g/mol. The Hall–Kier alpha value is -1.40. The SMILES string of the molecule is CCCN1CC2(CCN(C)CC2)C[C@@H]1C(=O)NCc1cnn(CC)c1. The summed E-state index contributed by atoms with van der Waals surface area (Å²) in [5.74, 6) is 0.188. The van der Waals surface area contributed by atoms with Gasteiger partial charge in [0, 0.05) is 31.4 Å². The van der Waals surface area contributed by atoms with Crippen LogP contribution in [0.25, 0.3) is 0 Å². The highest BCUT2D eigenvalue weighted by molar-refractivity contribution is 5.82. The summed E-state index contributed by atoms with van der Waals surface area (Å²) >= 11 is 0. The van der Waals surface area contributed by atoms with Gasteiger partial charge in [0.2, 0.25) is 5.91 Å². The molecule has 1 aromatic rings. The summed E-state index contributed by atoms with van der Waals surface area (Å²) in [6, 6.07) is 0.0320. The predicted octanol–water partition coefficient (Wildman–Crippen LogP) is 1.72. The molecule has 25 heavy (non-hydrogen) atoms. The number of carbonyl (C=O) groups is 1. The molecule has 0 aromatic carbocycles. The predicted molar refractivity (Wildman–Crippen MR) is 99.2 cm³/mol. The van der Waals surface area contributed by atoms with Crippen LogP contribution in [0.3, 0.4) is 0 Å². The summed E-state index contributed by atoms with van der Waals surface area (Å²) in [6.07, 6.45) is 8.41. The molecule has 1 N–H and O–H groups in total. The molecule has 1 spiro atoms. The highest BCUT2D eigenvalue weighted by Crippen LogP contribution is 2.43. The minimum Gasteiger partial charge on any atom is -0.351 e. The van der Waals surface area contributed by atoms with E-state index in [9.17, 15) is 4.79 Å². The molecule has 2 aliphatic heterocycles. The number of piperidine rings is 1. The molecule has 1 aromatic heterocycles. The molecule has 2 fully saturated rings. The van der Waals surface area contributed by atoms with Crippen molar-refractivity contribution in [2.24, 2.45) is 5.41 Å². The maximum atomic E-state index is 12.9. The fraction of sp³-hybridized carbons (Fsp3) is 0.789. The van der Waals surface area contributed by atoms with Crippen molar-refractivity contribution < 1.29 is 4.79 Å². The maximum absolute atomic E-state index is 12.9. The molecule has 1 atom stereocenters. The van der Waals surface area contributed by atoms with Gasteiger partial charge in [-0.15, -0.1) is 0 Å². The highest BCUT2D eigenvalue weighted by atomic mass is 16.2. The van der Waals surface area contributed by atoms with Gasteiger partial charge in [0.05, 0.1) is 12.2 Å². The van der Waals surface area contributed by atoms with E-state index in [4.69, 9.17) is 0 Å². The van der Waals surface area contributed by atoms with E-state index in [2.05, 4.69) is 41.1 Å². The molecule has 0 bridgehead atoms. The number of hydrogen-bond donors (Lipinski definition) is 1. The van der Waals surface area contributed by atoms with Crippen LogP contribution in [0.1, 0.15) is 45.1 Å². The Morgan fingerprint density at radius 3 is 2.76 bits per heavy atom. The van der Waals surface area contributed by atoms with Gasteiger partial charge in [0.15, 0.2) is 0 Å². The first kappa shape index (κ1) is 18.4. The van der Waals surface area contributed by atoms with Crippen LogP contribution >= 0.6 is 0 Å². The lowest BCUT2D eigenvalue weighted by Crippen LogP contribution is -2.43. The normalized spacial score (nSPS) is 24.0. The van der Waals surface area contributed by atoms with Crippen molar-refractivity contribution in [3.63, 3.8) is 0 Å². The Balaban J connectivity index is 1.60. The van der Waals surface area contributed by atoms with E-state index in [0.717, 1.165) is 51.1 Å². The summed E-state index contributed by atoms with van der Waals surface area (Å²) in [6.45, 7) is 10.1. The molecule has 6 nitrogen and oxygen atoms in total. The van der Waals surface area contributed by atoms with E-state index in [1.807, 2.05) is 17.1 Å². The van der Waals surface area contributed by atoms with Crippen LogP contribution in [0.15, 0.2) is 12.4 Å². The van der Waals surface area contributed by atoms with Crippen LogP contribution in [-0.4, -0.2) is 64.8 Å². The second-order valence-electron chi connectivity index (χ2n) is 7.92. The Bertz CT molecular complexity index is 576. The van der Waals surface area contributed by atoms with Crippen molar-refractivity contribution in [1.82, 2.24) is 24.9 Å². The lowest BCUT2D eigenvalue weighted by molar-refractivity contribution is -0.125. The number of aromatic nitrogens is 2. The first-order valence-electron chi connectivity index (χ1n) is 9.77. The summed E-state index contributed by atoms with van der Waals surface area (Å²) in [4.78, 5) is 17.7. The molecule has 140 valence electrons. The molecule has 0 saturated carbocycles. The second-order valence-corrected chi connectivity index (χ2v) is 7.92. The van der Waals surface area contributed by atoms with Gasteiger partial charge in [-0.2, -0.15) is 5.10 Å². The molecule has 2 aliphatic rings. The van der Waals surface area contributed by atoms with Crippen molar-refractivity contribution in [1.29, 1.82) is 0 Å². The van der Waals surface area contributed by atoms with Crippen molar-refractivity contribution in [2.45, 2.75) is 58.7 Å². The molecule has 0 radical (unpaired) electrons. The maximum Gasteiger partial charge on any atom is 0.237 e. The molecule has 0 unspecified atom stereocenters. The molecule has 0 aliphatic carbocycles.